The fourth-order valence-corrected chi connectivity index (χ4v) is 4.31. The Labute approximate surface area is 201 Å². The van der Waals surface area contributed by atoms with Crippen LogP contribution in [0.2, 0.25) is 5.02 Å². The van der Waals surface area contributed by atoms with E-state index in [1.54, 1.807) is 50.2 Å². The molecule has 0 saturated carbocycles. The highest BCUT2D eigenvalue weighted by atomic mass is 35.5. The molecule has 0 aliphatic carbocycles. The molecule has 9 heteroatoms. The second-order valence-corrected chi connectivity index (χ2v) is 10.6. The van der Waals surface area contributed by atoms with Crippen molar-refractivity contribution in [2.45, 2.75) is 46.2 Å². The summed E-state index contributed by atoms with van der Waals surface area (Å²) in [6.07, 6.45) is 1.06. The van der Waals surface area contributed by atoms with Gasteiger partial charge < -0.3 is 10.2 Å². The van der Waals surface area contributed by atoms with Crippen LogP contribution in [0, 0.1) is 0 Å². The first-order chi connectivity index (χ1) is 15.4. The van der Waals surface area contributed by atoms with Crippen LogP contribution in [0.4, 0.5) is 5.69 Å². The fraction of sp³-hybridized carbons (Fsp3) is 0.417. The third kappa shape index (κ3) is 7.47. The van der Waals surface area contributed by atoms with Crippen molar-refractivity contribution in [3.8, 4) is 0 Å². The number of amides is 2. The molecule has 0 radical (unpaired) electrons. The molecule has 2 aromatic rings. The van der Waals surface area contributed by atoms with Crippen molar-refractivity contribution in [1.29, 1.82) is 0 Å². The first-order valence-electron chi connectivity index (χ1n) is 10.8. The summed E-state index contributed by atoms with van der Waals surface area (Å²) >= 11 is 5.96. The second kappa shape index (κ2) is 11.5. The molecule has 2 rings (SSSR count). The van der Waals surface area contributed by atoms with Crippen molar-refractivity contribution in [2.24, 2.45) is 0 Å². The summed E-state index contributed by atoms with van der Waals surface area (Å²) in [5.74, 6) is -0.505. The summed E-state index contributed by atoms with van der Waals surface area (Å²) < 4.78 is 26.2. The van der Waals surface area contributed by atoms with E-state index in [9.17, 15) is 18.0 Å². The molecular weight excluding hydrogens is 462 g/mol. The zero-order chi connectivity index (χ0) is 24.8. The van der Waals surface area contributed by atoms with Gasteiger partial charge in [0, 0.05) is 18.1 Å². The highest BCUT2D eigenvalue weighted by molar-refractivity contribution is 7.92. The summed E-state index contributed by atoms with van der Waals surface area (Å²) in [6.45, 7) is 7.65. The van der Waals surface area contributed by atoms with Crippen LogP contribution < -0.4 is 9.62 Å². The predicted molar refractivity (Wildman–Crippen MR) is 133 cm³/mol. The number of halogens is 1. The Morgan fingerprint density at radius 3 is 2.06 bits per heavy atom. The van der Waals surface area contributed by atoms with Gasteiger partial charge in [-0.1, -0.05) is 49.7 Å². The zero-order valence-electron chi connectivity index (χ0n) is 19.7. The maximum absolute atomic E-state index is 13.4. The van der Waals surface area contributed by atoms with Crippen LogP contribution >= 0.6 is 11.6 Å². The minimum atomic E-state index is -3.75. The standard InChI is InChI=1S/C24H32ClN3O4S/c1-6-26-24(30)18(4)27(15-19-7-11-21(25)12-8-19)23(29)16-28(33(5,31)32)22-13-9-20(10-14-22)17(2)3/h7-14,17-18H,6,15-16H2,1-5H3,(H,26,30)/t18-/m0/s1. The van der Waals surface area contributed by atoms with E-state index in [2.05, 4.69) is 5.32 Å². The topological polar surface area (TPSA) is 86.8 Å². The zero-order valence-corrected chi connectivity index (χ0v) is 21.3. The number of nitrogens with zero attached hydrogens (tertiary/aromatic N) is 2. The number of rotatable bonds is 10. The van der Waals surface area contributed by atoms with E-state index in [1.165, 1.54) is 4.90 Å². The molecule has 1 atom stereocenters. The average Bonchev–Trinajstić information content (AvgIpc) is 2.76. The Hall–Kier alpha value is -2.58. The minimum absolute atomic E-state index is 0.137. The van der Waals surface area contributed by atoms with Gasteiger partial charge >= 0.3 is 0 Å². The summed E-state index contributed by atoms with van der Waals surface area (Å²) in [7, 11) is -3.75. The first kappa shape index (κ1) is 26.7. The highest BCUT2D eigenvalue weighted by Crippen LogP contribution is 2.23. The SMILES string of the molecule is CCNC(=O)[C@H](C)N(Cc1ccc(Cl)cc1)C(=O)CN(c1ccc(C(C)C)cc1)S(C)(=O)=O. The van der Waals surface area contributed by atoms with Crippen molar-refractivity contribution >= 4 is 39.1 Å². The van der Waals surface area contributed by atoms with Crippen molar-refractivity contribution in [1.82, 2.24) is 10.2 Å². The molecular formula is C24H32ClN3O4S. The number of hydrogen-bond acceptors (Lipinski definition) is 4. The van der Waals surface area contributed by atoms with E-state index in [1.807, 2.05) is 26.0 Å². The number of anilines is 1. The molecule has 0 spiro atoms. The summed E-state index contributed by atoms with van der Waals surface area (Å²) in [6, 6.07) is 13.2. The van der Waals surface area contributed by atoms with Gasteiger partial charge in [-0.05, 0) is 55.2 Å². The number of likely N-dealkylation sites (N-methyl/N-ethyl adjacent to an activating group) is 1. The lowest BCUT2D eigenvalue weighted by atomic mass is 10.0. The highest BCUT2D eigenvalue weighted by Gasteiger charge is 2.29. The molecule has 7 nitrogen and oxygen atoms in total. The lowest BCUT2D eigenvalue weighted by Gasteiger charge is -2.31. The third-order valence-corrected chi connectivity index (χ3v) is 6.70. The van der Waals surface area contributed by atoms with Crippen LogP contribution in [0.15, 0.2) is 48.5 Å². The summed E-state index contributed by atoms with van der Waals surface area (Å²) in [4.78, 5) is 27.3. The van der Waals surface area contributed by atoms with Crippen molar-refractivity contribution in [2.75, 3.05) is 23.7 Å². The van der Waals surface area contributed by atoms with Crippen LogP contribution in [0.5, 0.6) is 0 Å². The maximum atomic E-state index is 13.4. The van der Waals surface area contributed by atoms with Crippen LogP contribution in [-0.4, -0.2) is 50.5 Å². The van der Waals surface area contributed by atoms with Crippen LogP contribution in [-0.2, 0) is 26.2 Å². The van der Waals surface area contributed by atoms with Gasteiger partial charge in [0.05, 0.1) is 11.9 Å². The number of benzene rings is 2. The summed E-state index contributed by atoms with van der Waals surface area (Å²) in [5.41, 5.74) is 2.23. The Balaban J connectivity index is 2.36. The van der Waals surface area contributed by atoms with E-state index >= 15 is 0 Å². The predicted octanol–water partition coefficient (Wildman–Crippen LogP) is 3.78. The number of carbonyl (C=O) groups excluding carboxylic acids is 2. The minimum Gasteiger partial charge on any atom is -0.355 e. The number of carbonyl (C=O) groups is 2. The number of hydrogen-bond donors (Lipinski definition) is 1. The summed E-state index contributed by atoms with van der Waals surface area (Å²) in [5, 5.41) is 3.28. The molecule has 0 aliphatic rings. The Morgan fingerprint density at radius 1 is 1.00 bits per heavy atom. The van der Waals surface area contributed by atoms with Crippen LogP contribution in [0.1, 0.15) is 44.7 Å². The number of nitrogens with one attached hydrogen (secondary N) is 1. The van der Waals surface area contributed by atoms with Gasteiger partial charge in [-0.25, -0.2) is 8.42 Å². The maximum Gasteiger partial charge on any atom is 0.244 e. The molecule has 0 bridgehead atoms. The Bertz CT molecular complexity index is 1050. The molecule has 0 saturated heterocycles. The quantitative estimate of drug-likeness (QED) is 0.545. The van der Waals surface area contributed by atoms with E-state index in [4.69, 9.17) is 11.6 Å². The first-order valence-corrected chi connectivity index (χ1v) is 13.1. The van der Waals surface area contributed by atoms with Crippen molar-refractivity contribution < 1.29 is 18.0 Å². The Kier molecular flexibility index (Phi) is 9.31. The van der Waals surface area contributed by atoms with Gasteiger partial charge in [0.2, 0.25) is 21.8 Å². The van der Waals surface area contributed by atoms with Gasteiger partial charge in [0.15, 0.2) is 0 Å². The largest absolute Gasteiger partial charge is 0.355 e. The van der Waals surface area contributed by atoms with Gasteiger partial charge in [-0.3, -0.25) is 13.9 Å². The normalized spacial score (nSPS) is 12.3. The average molecular weight is 494 g/mol. The van der Waals surface area contributed by atoms with Crippen LogP contribution in [0.25, 0.3) is 0 Å². The third-order valence-electron chi connectivity index (χ3n) is 5.31. The lowest BCUT2D eigenvalue weighted by Crippen LogP contribution is -2.51. The lowest BCUT2D eigenvalue weighted by molar-refractivity contribution is -0.139. The van der Waals surface area contributed by atoms with Gasteiger partial charge in [-0.2, -0.15) is 0 Å². The molecule has 180 valence electrons. The van der Waals surface area contributed by atoms with E-state index in [-0.39, 0.29) is 12.5 Å². The molecule has 1 N–H and O–H groups in total. The van der Waals surface area contributed by atoms with Crippen LogP contribution in [0.3, 0.4) is 0 Å². The Morgan fingerprint density at radius 2 is 1.58 bits per heavy atom. The second-order valence-electron chi connectivity index (χ2n) is 8.23. The van der Waals surface area contributed by atoms with Gasteiger partial charge in [-0.15, -0.1) is 0 Å². The molecule has 0 heterocycles. The smallest absolute Gasteiger partial charge is 0.244 e. The molecule has 2 amide bonds. The molecule has 0 aliphatic heterocycles. The van der Waals surface area contributed by atoms with E-state index < -0.39 is 28.5 Å². The molecule has 0 aromatic heterocycles. The van der Waals surface area contributed by atoms with Gasteiger partial charge in [0.25, 0.3) is 0 Å². The van der Waals surface area contributed by atoms with E-state index in [0.29, 0.717) is 23.2 Å². The molecule has 2 aromatic carbocycles. The van der Waals surface area contributed by atoms with Crippen molar-refractivity contribution in [3.63, 3.8) is 0 Å². The molecule has 33 heavy (non-hydrogen) atoms. The number of sulfonamides is 1. The fourth-order valence-electron chi connectivity index (χ4n) is 3.33. The van der Waals surface area contributed by atoms with Crippen molar-refractivity contribution in [3.05, 3.63) is 64.7 Å². The monoisotopic (exact) mass is 493 g/mol. The molecule has 0 unspecified atom stereocenters. The van der Waals surface area contributed by atoms with Gasteiger partial charge in [0.1, 0.15) is 12.6 Å². The van der Waals surface area contributed by atoms with E-state index in [0.717, 1.165) is 21.7 Å². The molecule has 0 fully saturated rings.